The molecule has 1 aliphatic heterocycles. The number of piperidine rings is 1. The zero-order valence-corrected chi connectivity index (χ0v) is 14.3. The van der Waals surface area contributed by atoms with E-state index in [9.17, 15) is 0 Å². The summed E-state index contributed by atoms with van der Waals surface area (Å²) >= 11 is 7.10. The van der Waals surface area contributed by atoms with Gasteiger partial charge in [0.2, 0.25) is 0 Å². The fourth-order valence-corrected chi connectivity index (χ4v) is 4.87. The SMILES string of the molecule is Brc1cnc(N2CCC3(CCCCC3)CC2)c(Br)c1. The average Bonchev–Trinajstić information content (AvgIpc) is 2.41. The first kappa shape index (κ1) is 13.9. The van der Waals surface area contributed by atoms with Gasteiger partial charge in [-0.2, -0.15) is 0 Å². The lowest BCUT2D eigenvalue weighted by molar-refractivity contribution is 0.144. The van der Waals surface area contributed by atoms with Crippen LogP contribution in [-0.2, 0) is 0 Å². The van der Waals surface area contributed by atoms with Crippen molar-refractivity contribution in [1.29, 1.82) is 0 Å². The number of rotatable bonds is 1. The number of hydrogen-bond acceptors (Lipinski definition) is 2. The fourth-order valence-electron chi connectivity index (χ4n) is 3.63. The topological polar surface area (TPSA) is 16.1 Å². The maximum absolute atomic E-state index is 4.57. The van der Waals surface area contributed by atoms with E-state index in [2.05, 4.69) is 47.8 Å². The quantitative estimate of drug-likeness (QED) is 0.661. The van der Waals surface area contributed by atoms with Gasteiger partial charge in [0.15, 0.2) is 0 Å². The Morgan fingerprint density at radius 3 is 2.32 bits per heavy atom. The summed E-state index contributed by atoms with van der Waals surface area (Å²) in [6, 6.07) is 2.09. The normalized spacial score (nSPS) is 22.7. The number of halogens is 2. The molecule has 0 aromatic carbocycles. The Hall–Kier alpha value is -0.0900. The van der Waals surface area contributed by atoms with Crippen molar-refractivity contribution < 1.29 is 0 Å². The van der Waals surface area contributed by atoms with E-state index in [1.54, 1.807) is 0 Å². The van der Waals surface area contributed by atoms with Crippen molar-refractivity contribution in [2.24, 2.45) is 5.41 Å². The van der Waals surface area contributed by atoms with Crippen LogP contribution in [0, 0.1) is 5.41 Å². The molecular formula is C15H20Br2N2. The summed E-state index contributed by atoms with van der Waals surface area (Å²) in [5, 5.41) is 0. The van der Waals surface area contributed by atoms with Crippen LogP contribution in [0.2, 0.25) is 0 Å². The predicted molar refractivity (Wildman–Crippen MR) is 86.6 cm³/mol. The van der Waals surface area contributed by atoms with Gasteiger partial charge in [0.25, 0.3) is 0 Å². The first-order valence-electron chi connectivity index (χ1n) is 7.25. The molecule has 1 aromatic heterocycles. The van der Waals surface area contributed by atoms with Gasteiger partial charge in [0, 0.05) is 23.8 Å². The zero-order valence-electron chi connectivity index (χ0n) is 11.2. The standard InChI is InChI=1S/C15H20Br2N2/c16-12-10-13(17)14(18-11-12)19-8-6-15(7-9-19)4-2-1-3-5-15/h10-11H,1-9H2. The summed E-state index contributed by atoms with van der Waals surface area (Å²) < 4.78 is 2.13. The molecule has 0 unspecified atom stereocenters. The minimum atomic E-state index is 0.663. The van der Waals surface area contributed by atoms with Crippen molar-refractivity contribution in [2.45, 2.75) is 44.9 Å². The van der Waals surface area contributed by atoms with Crippen molar-refractivity contribution in [1.82, 2.24) is 4.98 Å². The second kappa shape index (κ2) is 5.72. The minimum absolute atomic E-state index is 0.663. The Kier molecular flexibility index (Phi) is 4.18. The van der Waals surface area contributed by atoms with Crippen LogP contribution < -0.4 is 4.90 Å². The van der Waals surface area contributed by atoms with E-state index in [1.807, 2.05) is 6.20 Å². The van der Waals surface area contributed by atoms with E-state index in [0.29, 0.717) is 5.41 Å². The molecule has 3 rings (SSSR count). The molecule has 1 aromatic rings. The van der Waals surface area contributed by atoms with Gasteiger partial charge < -0.3 is 4.90 Å². The van der Waals surface area contributed by atoms with Crippen LogP contribution in [0.25, 0.3) is 0 Å². The second-order valence-corrected chi connectivity index (χ2v) is 7.78. The van der Waals surface area contributed by atoms with Crippen molar-refractivity contribution in [2.75, 3.05) is 18.0 Å². The largest absolute Gasteiger partial charge is 0.356 e. The second-order valence-electron chi connectivity index (χ2n) is 6.01. The smallest absolute Gasteiger partial charge is 0.142 e. The third-order valence-electron chi connectivity index (χ3n) is 4.83. The van der Waals surface area contributed by atoms with Crippen LogP contribution in [0.15, 0.2) is 21.2 Å². The first-order valence-corrected chi connectivity index (χ1v) is 8.83. The molecule has 0 amide bonds. The summed E-state index contributed by atoms with van der Waals surface area (Å²) in [5.41, 5.74) is 0.663. The van der Waals surface area contributed by atoms with Gasteiger partial charge in [0.05, 0.1) is 4.47 Å². The van der Waals surface area contributed by atoms with Crippen molar-refractivity contribution in [3.05, 3.63) is 21.2 Å². The van der Waals surface area contributed by atoms with E-state index < -0.39 is 0 Å². The third kappa shape index (κ3) is 2.99. The third-order valence-corrected chi connectivity index (χ3v) is 5.84. The Bertz CT molecular complexity index is 445. The molecule has 1 saturated carbocycles. The zero-order chi connectivity index (χ0) is 13.3. The van der Waals surface area contributed by atoms with Gasteiger partial charge in [-0.1, -0.05) is 19.3 Å². The summed E-state index contributed by atoms with van der Waals surface area (Å²) in [6.45, 7) is 2.32. The van der Waals surface area contributed by atoms with Gasteiger partial charge >= 0.3 is 0 Å². The molecular weight excluding hydrogens is 368 g/mol. The average molecular weight is 388 g/mol. The van der Waals surface area contributed by atoms with Gasteiger partial charge in [0.1, 0.15) is 5.82 Å². The van der Waals surface area contributed by atoms with E-state index >= 15 is 0 Å². The Morgan fingerprint density at radius 1 is 1.00 bits per heavy atom. The fraction of sp³-hybridized carbons (Fsp3) is 0.667. The van der Waals surface area contributed by atoms with E-state index in [4.69, 9.17) is 0 Å². The highest BCUT2D eigenvalue weighted by atomic mass is 79.9. The molecule has 1 aliphatic carbocycles. The molecule has 2 nitrogen and oxygen atoms in total. The minimum Gasteiger partial charge on any atom is -0.356 e. The van der Waals surface area contributed by atoms with E-state index in [0.717, 1.165) is 27.9 Å². The lowest BCUT2D eigenvalue weighted by atomic mass is 9.68. The van der Waals surface area contributed by atoms with Crippen LogP contribution in [0.4, 0.5) is 5.82 Å². The monoisotopic (exact) mass is 386 g/mol. The van der Waals surface area contributed by atoms with Crippen LogP contribution in [0.5, 0.6) is 0 Å². The summed E-state index contributed by atoms with van der Waals surface area (Å²) in [6.07, 6.45) is 11.8. The lowest BCUT2D eigenvalue weighted by Crippen LogP contribution is -2.41. The van der Waals surface area contributed by atoms with Crippen molar-refractivity contribution in [3.8, 4) is 0 Å². The summed E-state index contributed by atoms with van der Waals surface area (Å²) in [7, 11) is 0. The number of pyridine rings is 1. The molecule has 0 radical (unpaired) electrons. The molecule has 2 heterocycles. The molecule has 2 fully saturated rings. The van der Waals surface area contributed by atoms with Gasteiger partial charge in [-0.15, -0.1) is 0 Å². The predicted octanol–water partition coefficient (Wildman–Crippen LogP) is 5.16. The highest BCUT2D eigenvalue weighted by Crippen LogP contribution is 2.45. The molecule has 4 heteroatoms. The van der Waals surface area contributed by atoms with Crippen molar-refractivity contribution >= 4 is 37.7 Å². The molecule has 0 bridgehead atoms. The van der Waals surface area contributed by atoms with Crippen molar-refractivity contribution in [3.63, 3.8) is 0 Å². The lowest BCUT2D eigenvalue weighted by Gasteiger charge is -2.44. The number of hydrogen-bond donors (Lipinski definition) is 0. The first-order chi connectivity index (χ1) is 9.19. The maximum atomic E-state index is 4.57. The number of nitrogens with zero attached hydrogens (tertiary/aromatic N) is 2. The maximum Gasteiger partial charge on any atom is 0.142 e. The molecule has 1 spiro atoms. The number of aromatic nitrogens is 1. The molecule has 1 saturated heterocycles. The number of anilines is 1. The Balaban J connectivity index is 1.69. The molecule has 0 atom stereocenters. The highest BCUT2D eigenvalue weighted by molar-refractivity contribution is 9.11. The molecule has 0 N–H and O–H groups in total. The van der Waals surface area contributed by atoms with E-state index in [-0.39, 0.29) is 0 Å². The molecule has 2 aliphatic rings. The molecule has 19 heavy (non-hydrogen) atoms. The van der Waals surface area contributed by atoms with Crippen LogP contribution in [0.3, 0.4) is 0 Å². The molecule has 104 valence electrons. The summed E-state index contributed by atoms with van der Waals surface area (Å²) in [5.74, 6) is 1.11. The van der Waals surface area contributed by atoms with Gasteiger partial charge in [-0.25, -0.2) is 4.98 Å². The van der Waals surface area contributed by atoms with Gasteiger partial charge in [-0.3, -0.25) is 0 Å². The van der Waals surface area contributed by atoms with Crippen LogP contribution in [0.1, 0.15) is 44.9 Å². The Labute approximate surface area is 132 Å². The van der Waals surface area contributed by atoms with Crippen LogP contribution in [-0.4, -0.2) is 18.1 Å². The summed E-state index contributed by atoms with van der Waals surface area (Å²) in [4.78, 5) is 7.01. The van der Waals surface area contributed by atoms with E-state index in [1.165, 1.54) is 44.9 Å². The van der Waals surface area contributed by atoms with Crippen LogP contribution >= 0.6 is 31.9 Å². The van der Waals surface area contributed by atoms with Gasteiger partial charge in [-0.05, 0) is 69.0 Å². The highest BCUT2D eigenvalue weighted by Gasteiger charge is 2.36. The Morgan fingerprint density at radius 2 is 1.68 bits per heavy atom.